The molecule has 0 aromatic carbocycles. The molecule has 0 aliphatic heterocycles. The van der Waals surface area contributed by atoms with E-state index >= 15 is 0 Å². The molecule has 0 bridgehead atoms. The molecule has 1 N–H and O–H groups in total. The largest absolute Gasteiger partial charge is 0.460 e. The van der Waals surface area contributed by atoms with Crippen molar-refractivity contribution in [1.29, 1.82) is 0 Å². The standard InChI is InChI=1S/C12H12F13NOS/c1-6(27)26-3-5-28-4-2-7(13,14)8(15,16)9(17,18)10(19,20)11(21,22)12(23,24)25/h2-5H2,1H3,(H,26,27). The third kappa shape index (κ3) is 4.90. The van der Waals surface area contributed by atoms with Gasteiger partial charge in [-0.1, -0.05) is 0 Å². The summed E-state index contributed by atoms with van der Waals surface area (Å²) < 4.78 is 167. The SMILES string of the molecule is CC(=O)NCCSCCC(F)(F)C(F)(F)C(F)(F)C(F)(F)C(F)(F)C(F)(F)F. The Balaban J connectivity index is 5.43. The van der Waals surface area contributed by atoms with Crippen molar-refractivity contribution < 1.29 is 61.9 Å². The number of nitrogens with one attached hydrogen (secondary N) is 1. The van der Waals surface area contributed by atoms with Crippen molar-refractivity contribution in [2.45, 2.75) is 49.1 Å². The van der Waals surface area contributed by atoms with Crippen LogP contribution in [0.4, 0.5) is 57.1 Å². The molecule has 28 heavy (non-hydrogen) atoms. The van der Waals surface area contributed by atoms with Crippen molar-refractivity contribution in [3.05, 3.63) is 0 Å². The van der Waals surface area contributed by atoms with Crippen LogP contribution < -0.4 is 5.32 Å². The Labute approximate surface area is 153 Å². The molecule has 2 nitrogen and oxygen atoms in total. The maximum absolute atomic E-state index is 13.4. The number of thioether (sulfide) groups is 1. The summed E-state index contributed by atoms with van der Waals surface area (Å²) in [6.45, 7) is 0.909. The van der Waals surface area contributed by atoms with Gasteiger partial charge in [0.05, 0.1) is 0 Å². The quantitative estimate of drug-likeness (QED) is 0.364. The van der Waals surface area contributed by atoms with Crippen LogP contribution in [0.2, 0.25) is 0 Å². The molecule has 0 spiro atoms. The van der Waals surface area contributed by atoms with E-state index in [-0.39, 0.29) is 12.3 Å². The number of amides is 1. The molecule has 0 radical (unpaired) electrons. The molecule has 168 valence electrons. The smallest absolute Gasteiger partial charge is 0.356 e. The lowest BCUT2D eigenvalue weighted by molar-refractivity contribution is -0.439. The molecule has 0 unspecified atom stereocenters. The van der Waals surface area contributed by atoms with E-state index in [4.69, 9.17) is 0 Å². The molecule has 0 aliphatic carbocycles. The summed E-state index contributed by atoms with van der Waals surface area (Å²) >= 11 is 0.378. The van der Waals surface area contributed by atoms with Gasteiger partial charge in [0.25, 0.3) is 0 Å². The fourth-order valence-corrected chi connectivity index (χ4v) is 2.41. The minimum atomic E-state index is -7.87. The molecular weight excluding hydrogens is 453 g/mol. The Bertz CT molecular complexity index is 546. The minimum Gasteiger partial charge on any atom is -0.356 e. The van der Waals surface area contributed by atoms with Gasteiger partial charge in [-0.15, -0.1) is 0 Å². The maximum Gasteiger partial charge on any atom is 0.460 e. The Morgan fingerprint density at radius 1 is 0.714 bits per heavy atom. The Morgan fingerprint density at radius 2 is 1.14 bits per heavy atom. The molecule has 0 heterocycles. The molecule has 0 rings (SSSR count). The molecule has 0 atom stereocenters. The zero-order valence-corrected chi connectivity index (χ0v) is 14.4. The van der Waals surface area contributed by atoms with Gasteiger partial charge in [0.15, 0.2) is 0 Å². The lowest BCUT2D eigenvalue weighted by Gasteiger charge is -2.39. The van der Waals surface area contributed by atoms with E-state index in [9.17, 15) is 61.9 Å². The van der Waals surface area contributed by atoms with Gasteiger partial charge in [-0.3, -0.25) is 4.79 Å². The normalized spacial score (nSPS) is 14.9. The van der Waals surface area contributed by atoms with Gasteiger partial charge in [0, 0.05) is 25.6 Å². The highest BCUT2D eigenvalue weighted by Crippen LogP contribution is 2.60. The Hall–Kier alpha value is -1.09. The molecule has 0 fully saturated rings. The average Bonchev–Trinajstić information content (AvgIpc) is 2.48. The second kappa shape index (κ2) is 8.34. The molecule has 0 saturated carbocycles. The van der Waals surface area contributed by atoms with Crippen LogP contribution in [-0.2, 0) is 4.79 Å². The van der Waals surface area contributed by atoms with Crippen LogP contribution in [-0.4, -0.2) is 59.7 Å². The number of alkyl halides is 13. The van der Waals surface area contributed by atoms with Gasteiger partial charge in [0.2, 0.25) is 5.91 Å². The Morgan fingerprint density at radius 3 is 1.54 bits per heavy atom. The summed E-state index contributed by atoms with van der Waals surface area (Å²) in [7, 11) is 0. The first-order chi connectivity index (χ1) is 12.2. The first-order valence-electron chi connectivity index (χ1n) is 6.95. The van der Waals surface area contributed by atoms with Crippen molar-refractivity contribution in [2.75, 3.05) is 18.1 Å². The summed E-state index contributed by atoms with van der Waals surface area (Å²) in [6, 6.07) is 0. The number of hydrogen-bond donors (Lipinski definition) is 1. The van der Waals surface area contributed by atoms with Gasteiger partial charge in [-0.05, 0) is 5.75 Å². The summed E-state index contributed by atoms with van der Waals surface area (Å²) in [5.74, 6) is -38.5. The van der Waals surface area contributed by atoms with Crippen molar-refractivity contribution in [3.8, 4) is 0 Å². The van der Waals surface area contributed by atoms with Crippen molar-refractivity contribution in [1.82, 2.24) is 5.32 Å². The first-order valence-corrected chi connectivity index (χ1v) is 8.10. The maximum atomic E-state index is 13.4. The van der Waals surface area contributed by atoms with Crippen molar-refractivity contribution in [3.63, 3.8) is 0 Å². The molecule has 0 saturated heterocycles. The van der Waals surface area contributed by atoms with Crippen LogP contribution in [0.3, 0.4) is 0 Å². The van der Waals surface area contributed by atoms with Crippen LogP contribution >= 0.6 is 11.8 Å². The highest BCUT2D eigenvalue weighted by Gasteiger charge is 2.90. The van der Waals surface area contributed by atoms with E-state index in [0.29, 0.717) is 11.8 Å². The van der Waals surface area contributed by atoms with Gasteiger partial charge in [0.1, 0.15) is 0 Å². The van der Waals surface area contributed by atoms with Gasteiger partial charge in [-0.2, -0.15) is 68.8 Å². The molecule has 0 aliphatic rings. The summed E-state index contributed by atoms with van der Waals surface area (Å²) in [6.07, 6.45) is -9.65. The van der Waals surface area contributed by atoms with E-state index in [0.717, 1.165) is 6.92 Å². The van der Waals surface area contributed by atoms with Gasteiger partial charge < -0.3 is 5.32 Å². The van der Waals surface area contributed by atoms with E-state index < -0.39 is 53.9 Å². The van der Waals surface area contributed by atoms with Crippen LogP contribution in [0.5, 0.6) is 0 Å². The lowest BCUT2D eigenvalue weighted by Crippen LogP contribution is -2.70. The number of rotatable bonds is 10. The molecule has 0 aromatic rings. The van der Waals surface area contributed by atoms with Crippen LogP contribution in [0.1, 0.15) is 13.3 Å². The first kappa shape index (κ1) is 26.9. The topological polar surface area (TPSA) is 29.1 Å². The highest BCUT2D eigenvalue weighted by molar-refractivity contribution is 7.99. The van der Waals surface area contributed by atoms with Crippen LogP contribution in [0.25, 0.3) is 0 Å². The van der Waals surface area contributed by atoms with Crippen LogP contribution in [0, 0.1) is 0 Å². The average molecular weight is 465 g/mol. The second-order valence-corrected chi connectivity index (χ2v) is 6.57. The van der Waals surface area contributed by atoms with Crippen molar-refractivity contribution >= 4 is 17.7 Å². The zero-order chi connectivity index (χ0) is 22.8. The fourth-order valence-electron chi connectivity index (χ4n) is 1.56. The number of hydrogen-bond acceptors (Lipinski definition) is 2. The monoisotopic (exact) mass is 465 g/mol. The predicted molar refractivity (Wildman–Crippen MR) is 71.4 cm³/mol. The highest BCUT2D eigenvalue weighted by atomic mass is 32.2. The van der Waals surface area contributed by atoms with E-state index in [1.54, 1.807) is 0 Å². The van der Waals surface area contributed by atoms with E-state index in [1.807, 2.05) is 0 Å². The predicted octanol–water partition coefficient (Wildman–Crippen LogP) is 4.98. The number of halogens is 13. The van der Waals surface area contributed by atoms with Crippen LogP contribution in [0.15, 0.2) is 0 Å². The lowest BCUT2D eigenvalue weighted by atomic mass is 9.93. The number of carbonyl (C=O) groups is 1. The van der Waals surface area contributed by atoms with Crippen molar-refractivity contribution in [2.24, 2.45) is 0 Å². The summed E-state index contributed by atoms with van der Waals surface area (Å²) in [4.78, 5) is 10.5. The number of carbonyl (C=O) groups excluding carboxylic acids is 1. The van der Waals surface area contributed by atoms with Gasteiger partial charge in [-0.25, -0.2) is 0 Å². The van der Waals surface area contributed by atoms with E-state index in [1.165, 1.54) is 0 Å². The molecule has 1 amide bonds. The third-order valence-electron chi connectivity index (χ3n) is 3.18. The zero-order valence-electron chi connectivity index (χ0n) is 13.6. The fraction of sp³-hybridized carbons (Fsp3) is 0.917. The molecule has 16 heteroatoms. The molecular formula is C12H12F13NOS. The minimum absolute atomic E-state index is 0.159. The summed E-state index contributed by atoms with van der Waals surface area (Å²) in [5, 5.41) is 2.14. The van der Waals surface area contributed by atoms with Gasteiger partial charge >= 0.3 is 35.8 Å². The Kier molecular flexibility index (Phi) is 8.01. The molecule has 0 aromatic heterocycles. The third-order valence-corrected chi connectivity index (χ3v) is 4.16. The summed E-state index contributed by atoms with van der Waals surface area (Å²) in [5.41, 5.74) is 0. The second-order valence-electron chi connectivity index (χ2n) is 5.35. The van der Waals surface area contributed by atoms with E-state index in [2.05, 4.69) is 5.32 Å².